The van der Waals surface area contributed by atoms with Crippen molar-refractivity contribution in [3.8, 4) is 0 Å². The molecule has 0 spiro atoms. The van der Waals surface area contributed by atoms with Crippen LogP contribution < -0.4 is 0 Å². The molecule has 0 fully saturated rings. The van der Waals surface area contributed by atoms with Gasteiger partial charge in [0.15, 0.2) is 0 Å². The van der Waals surface area contributed by atoms with Gasteiger partial charge in [-0.1, -0.05) is 29.8 Å². The summed E-state index contributed by atoms with van der Waals surface area (Å²) in [6, 6.07) is 10.4. The van der Waals surface area contributed by atoms with E-state index in [0.717, 1.165) is 5.56 Å². The van der Waals surface area contributed by atoms with E-state index in [1.165, 1.54) is 6.07 Å². The summed E-state index contributed by atoms with van der Waals surface area (Å²) in [4.78, 5) is 10.6. The zero-order valence-electron chi connectivity index (χ0n) is 8.76. The lowest BCUT2D eigenvalue weighted by Gasteiger charge is -1.95. The molecular formula is C13H9ClO3. The number of aromatic carboxylic acids is 1. The average molecular weight is 249 g/mol. The third-order valence-electron chi connectivity index (χ3n) is 2.17. The van der Waals surface area contributed by atoms with Crippen LogP contribution in [0.15, 0.2) is 40.8 Å². The molecule has 86 valence electrons. The third-order valence-corrected chi connectivity index (χ3v) is 2.51. The van der Waals surface area contributed by atoms with Crippen LogP contribution in [0.4, 0.5) is 0 Å². The lowest BCUT2D eigenvalue weighted by Crippen LogP contribution is -1.91. The summed E-state index contributed by atoms with van der Waals surface area (Å²) >= 11 is 5.97. The van der Waals surface area contributed by atoms with Crippen LogP contribution in [-0.2, 0) is 0 Å². The van der Waals surface area contributed by atoms with Crippen molar-refractivity contribution in [1.29, 1.82) is 0 Å². The van der Waals surface area contributed by atoms with Crippen LogP contribution in [-0.4, -0.2) is 11.1 Å². The highest BCUT2D eigenvalue weighted by atomic mass is 35.5. The number of hydrogen-bond acceptors (Lipinski definition) is 2. The van der Waals surface area contributed by atoms with Crippen LogP contribution in [0.25, 0.3) is 12.2 Å². The Balaban J connectivity index is 2.20. The first kappa shape index (κ1) is 11.5. The Morgan fingerprint density at radius 1 is 1.18 bits per heavy atom. The fourth-order valence-electron chi connectivity index (χ4n) is 1.34. The molecule has 1 N–H and O–H groups in total. The number of carbonyl (C=O) groups is 1. The van der Waals surface area contributed by atoms with Gasteiger partial charge in [0.2, 0.25) is 5.76 Å². The van der Waals surface area contributed by atoms with Crippen LogP contribution in [0.2, 0.25) is 5.02 Å². The molecular weight excluding hydrogens is 240 g/mol. The largest absolute Gasteiger partial charge is 0.475 e. The maximum Gasteiger partial charge on any atom is 0.371 e. The molecule has 0 aliphatic heterocycles. The molecule has 0 saturated heterocycles. The second-order valence-corrected chi connectivity index (χ2v) is 3.77. The zero-order valence-corrected chi connectivity index (χ0v) is 9.52. The monoisotopic (exact) mass is 248 g/mol. The van der Waals surface area contributed by atoms with Gasteiger partial charge in [0.25, 0.3) is 0 Å². The van der Waals surface area contributed by atoms with Crippen molar-refractivity contribution < 1.29 is 14.3 Å². The van der Waals surface area contributed by atoms with Crippen molar-refractivity contribution in [3.05, 3.63) is 58.5 Å². The molecule has 0 radical (unpaired) electrons. The Bertz CT molecular complexity index is 570. The predicted molar refractivity (Wildman–Crippen MR) is 66.0 cm³/mol. The van der Waals surface area contributed by atoms with Crippen molar-refractivity contribution >= 4 is 29.7 Å². The van der Waals surface area contributed by atoms with Crippen LogP contribution >= 0.6 is 11.6 Å². The topological polar surface area (TPSA) is 50.4 Å². The molecule has 3 nitrogen and oxygen atoms in total. The van der Waals surface area contributed by atoms with Gasteiger partial charge in [-0.05, 0) is 35.9 Å². The molecule has 2 rings (SSSR count). The Morgan fingerprint density at radius 2 is 1.94 bits per heavy atom. The average Bonchev–Trinajstić information content (AvgIpc) is 2.77. The van der Waals surface area contributed by atoms with E-state index in [0.29, 0.717) is 10.8 Å². The van der Waals surface area contributed by atoms with Crippen molar-refractivity contribution in [1.82, 2.24) is 0 Å². The number of hydrogen-bond donors (Lipinski definition) is 1. The van der Waals surface area contributed by atoms with E-state index in [1.54, 1.807) is 24.3 Å². The molecule has 0 aliphatic rings. The van der Waals surface area contributed by atoms with Gasteiger partial charge in [0.1, 0.15) is 5.76 Å². The van der Waals surface area contributed by atoms with E-state index in [2.05, 4.69) is 0 Å². The minimum absolute atomic E-state index is 0.0798. The van der Waals surface area contributed by atoms with Crippen molar-refractivity contribution in [2.24, 2.45) is 0 Å². The standard InChI is InChI=1S/C13H9ClO3/c14-11-4-2-1-3-9(11)5-6-10-7-8-12(17-10)13(15)16/h1-8H,(H,15,16). The molecule has 4 heteroatoms. The molecule has 1 aromatic heterocycles. The number of benzene rings is 1. The quantitative estimate of drug-likeness (QED) is 0.899. The Kier molecular flexibility index (Phi) is 3.30. The van der Waals surface area contributed by atoms with E-state index >= 15 is 0 Å². The van der Waals surface area contributed by atoms with Crippen LogP contribution in [0.5, 0.6) is 0 Å². The Hall–Kier alpha value is -2.00. The van der Waals surface area contributed by atoms with Crippen molar-refractivity contribution in [2.45, 2.75) is 0 Å². The second-order valence-electron chi connectivity index (χ2n) is 3.36. The van der Waals surface area contributed by atoms with Gasteiger partial charge < -0.3 is 9.52 Å². The Morgan fingerprint density at radius 3 is 2.59 bits per heavy atom. The first-order valence-corrected chi connectivity index (χ1v) is 5.30. The fraction of sp³-hybridized carbons (Fsp3) is 0. The maximum absolute atomic E-state index is 10.6. The normalized spacial score (nSPS) is 10.9. The first-order chi connectivity index (χ1) is 8.16. The molecule has 0 atom stereocenters. The third kappa shape index (κ3) is 2.77. The van der Waals surface area contributed by atoms with Gasteiger partial charge in [-0.15, -0.1) is 0 Å². The van der Waals surface area contributed by atoms with Gasteiger partial charge in [0, 0.05) is 5.02 Å². The predicted octanol–water partition coefficient (Wildman–Crippen LogP) is 3.80. The van der Waals surface area contributed by atoms with E-state index < -0.39 is 5.97 Å². The number of rotatable bonds is 3. The van der Waals surface area contributed by atoms with Gasteiger partial charge in [-0.25, -0.2) is 4.79 Å². The lowest BCUT2D eigenvalue weighted by molar-refractivity contribution is 0.0662. The highest BCUT2D eigenvalue weighted by molar-refractivity contribution is 6.32. The number of halogens is 1. The molecule has 0 amide bonds. The summed E-state index contributed by atoms with van der Waals surface area (Å²) < 4.78 is 5.08. The van der Waals surface area contributed by atoms with Crippen LogP contribution in [0.1, 0.15) is 21.9 Å². The molecule has 0 saturated carbocycles. The lowest BCUT2D eigenvalue weighted by atomic mass is 10.2. The molecule has 0 bridgehead atoms. The minimum Gasteiger partial charge on any atom is -0.475 e. The molecule has 0 unspecified atom stereocenters. The van der Waals surface area contributed by atoms with Gasteiger partial charge >= 0.3 is 5.97 Å². The summed E-state index contributed by atoms with van der Waals surface area (Å²) in [5, 5.41) is 9.32. The van der Waals surface area contributed by atoms with E-state index in [4.69, 9.17) is 21.1 Å². The fourth-order valence-corrected chi connectivity index (χ4v) is 1.54. The molecule has 17 heavy (non-hydrogen) atoms. The number of furan rings is 1. The minimum atomic E-state index is -1.08. The summed E-state index contributed by atoms with van der Waals surface area (Å²) in [6.45, 7) is 0. The highest BCUT2D eigenvalue weighted by Crippen LogP contribution is 2.18. The van der Waals surface area contributed by atoms with Crippen LogP contribution in [0.3, 0.4) is 0 Å². The van der Waals surface area contributed by atoms with E-state index in [9.17, 15) is 4.79 Å². The van der Waals surface area contributed by atoms with E-state index in [-0.39, 0.29) is 5.76 Å². The zero-order chi connectivity index (χ0) is 12.3. The summed E-state index contributed by atoms with van der Waals surface area (Å²) in [5.41, 5.74) is 0.849. The summed E-state index contributed by atoms with van der Waals surface area (Å²) in [6.07, 6.45) is 3.44. The van der Waals surface area contributed by atoms with E-state index in [1.807, 2.05) is 18.2 Å². The first-order valence-electron chi connectivity index (χ1n) is 4.92. The van der Waals surface area contributed by atoms with Crippen LogP contribution in [0, 0.1) is 0 Å². The van der Waals surface area contributed by atoms with Gasteiger partial charge in [-0.3, -0.25) is 0 Å². The SMILES string of the molecule is O=C(O)c1ccc(C=Cc2ccccc2Cl)o1. The Labute approximate surface area is 103 Å². The van der Waals surface area contributed by atoms with Crippen molar-refractivity contribution in [3.63, 3.8) is 0 Å². The van der Waals surface area contributed by atoms with Gasteiger partial charge in [0.05, 0.1) is 0 Å². The molecule has 2 aromatic rings. The summed E-state index contributed by atoms with van der Waals surface area (Å²) in [7, 11) is 0. The number of carboxylic acid groups (broad SMARTS) is 1. The van der Waals surface area contributed by atoms with Crippen molar-refractivity contribution in [2.75, 3.05) is 0 Å². The molecule has 1 heterocycles. The smallest absolute Gasteiger partial charge is 0.371 e. The number of carboxylic acids is 1. The van der Waals surface area contributed by atoms with Gasteiger partial charge in [-0.2, -0.15) is 0 Å². The maximum atomic E-state index is 10.6. The second kappa shape index (κ2) is 4.89. The highest BCUT2D eigenvalue weighted by Gasteiger charge is 2.06. The molecule has 0 aliphatic carbocycles. The molecule has 1 aromatic carbocycles. The summed E-state index contributed by atoms with van der Waals surface area (Å²) in [5.74, 6) is -0.687.